The van der Waals surface area contributed by atoms with Gasteiger partial charge in [-0.2, -0.15) is 4.98 Å². The van der Waals surface area contributed by atoms with Crippen LogP contribution in [0, 0.1) is 0 Å². The van der Waals surface area contributed by atoms with Crippen LogP contribution in [0.4, 0.5) is 0 Å². The van der Waals surface area contributed by atoms with Crippen molar-refractivity contribution in [3.05, 3.63) is 52.5 Å². The standard InChI is InChI=1S/C17H15N3O3S/c1-22-13-6-3-2-5-12(13)15-18-16(23-19-15)11-9-20(10-11)17(21)14-7-4-8-24-14/h2-8,11H,9-10H2,1H3. The normalized spacial score (nSPS) is 14.5. The zero-order chi connectivity index (χ0) is 16.5. The van der Waals surface area contributed by atoms with E-state index in [1.165, 1.54) is 11.3 Å². The number of carbonyl (C=O) groups excluding carboxylic acids is 1. The lowest BCUT2D eigenvalue weighted by atomic mass is 10.00. The number of hydrogen-bond donors (Lipinski definition) is 0. The predicted molar refractivity (Wildman–Crippen MR) is 89.2 cm³/mol. The van der Waals surface area contributed by atoms with Crippen molar-refractivity contribution in [2.24, 2.45) is 0 Å². The molecule has 1 aromatic carbocycles. The Hall–Kier alpha value is -2.67. The first-order chi connectivity index (χ1) is 11.8. The second-order valence-corrected chi connectivity index (χ2v) is 6.49. The van der Waals surface area contributed by atoms with Gasteiger partial charge in [-0.15, -0.1) is 11.3 Å². The molecule has 0 unspecified atom stereocenters. The van der Waals surface area contributed by atoms with Gasteiger partial charge in [-0.1, -0.05) is 23.4 Å². The molecule has 1 saturated heterocycles. The van der Waals surface area contributed by atoms with Crippen LogP contribution in [0.25, 0.3) is 11.4 Å². The van der Waals surface area contributed by atoms with Crippen molar-refractivity contribution < 1.29 is 14.1 Å². The lowest BCUT2D eigenvalue weighted by Crippen LogP contribution is -2.48. The summed E-state index contributed by atoms with van der Waals surface area (Å²) in [6.07, 6.45) is 0. The summed E-state index contributed by atoms with van der Waals surface area (Å²) in [6.45, 7) is 1.20. The van der Waals surface area contributed by atoms with Gasteiger partial charge in [0, 0.05) is 13.1 Å². The summed E-state index contributed by atoms with van der Waals surface area (Å²) in [6, 6.07) is 11.3. The fraction of sp³-hybridized carbons (Fsp3) is 0.235. The van der Waals surface area contributed by atoms with E-state index < -0.39 is 0 Å². The predicted octanol–water partition coefficient (Wildman–Crippen LogP) is 3.05. The molecule has 1 amide bonds. The van der Waals surface area contributed by atoms with Gasteiger partial charge in [0.25, 0.3) is 5.91 Å². The number of hydrogen-bond acceptors (Lipinski definition) is 6. The van der Waals surface area contributed by atoms with Gasteiger partial charge in [-0.25, -0.2) is 0 Å². The number of para-hydroxylation sites is 1. The molecule has 3 heterocycles. The number of thiophene rings is 1. The molecule has 0 bridgehead atoms. The molecule has 0 spiro atoms. The molecule has 1 aliphatic rings. The summed E-state index contributed by atoms with van der Waals surface area (Å²) >= 11 is 1.45. The number of ether oxygens (including phenoxy) is 1. The van der Waals surface area contributed by atoms with Crippen LogP contribution in [0.1, 0.15) is 21.5 Å². The van der Waals surface area contributed by atoms with Crippen molar-refractivity contribution in [3.63, 3.8) is 0 Å². The Morgan fingerprint density at radius 2 is 2.12 bits per heavy atom. The second kappa shape index (κ2) is 6.09. The zero-order valence-electron chi connectivity index (χ0n) is 13.0. The topological polar surface area (TPSA) is 68.5 Å². The lowest BCUT2D eigenvalue weighted by molar-refractivity contribution is 0.0574. The highest BCUT2D eigenvalue weighted by atomic mass is 32.1. The molecule has 1 aliphatic heterocycles. The Kier molecular flexibility index (Phi) is 3.78. The third-order valence-electron chi connectivity index (χ3n) is 4.04. The van der Waals surface area contributed by atoms with Crippen LogP contribution in [0.5, 0.6) is 5.75 Å². The van der Waals surface area contributed by atoms with E-state index in [1.54, 1.807) is 12.0 Å². The van der Waals surface area contributed by atoms with Crippen LogP contribution in [0.15, 0.2) is 46.3 Å². The maximum Gasteiger partial charge on any atom is 0.263 e. The first-order valence-corrected chi connectivity index (χ1v) is 8.44. The number of methoxy groups -OCH3 is 1. The van der Waals surface area contributed by atoms with Crippen LogP contribution in [0.3, 0.4) is 0 Å². The lowest BCUT2D eigenvalue weighted by Gasteiger charge is -2.36. The van der Waals surface area contributed by atoms with Gasteiger partial charge >= 0.3 is 0 Å². The average molecular weight is 341 g/mol. The molecule has 0 N–H and O–H groups in total. The fourth-order valence-corrected chi connectivity index (χ4v) is 3.39. The quantitative estimate of drug-likeness (QED) is 0.729. The monoisotopic (exact) mass is 341 g/mol. The molecule has 6 nitrogen and oxygen atoms in total. The van der Waals surface area contributed by atoms with Crippen molar-refractivity contribution in [2.75, 3.05) is 20.2 Å². The van der Waals surface area contributed by atoms with E-state index in [0.717, 1.165) is 10.4 Å². The molecule has 0 aliphatic carbocycles. The van der Waals surface area contributed by atoms with Crippen molar-refractivity contribution in [1.82, 2.24) is 15.0 Å². The Morgan fingerprint density at radius 1 is 1.29 bits per heavy atom. The Balaban J connectivity index is 1.46. The minimum atomic E-state index is 0.0608. The number of likely N-dealkylation sites (tertiary alicyclic amines) is 1. The summed E-state index contributed by atoms with van der Waals surface area (Å²) in [5.41, 5.74) is 0.792. The molecule has 7 heteroatoms. The fourth-order valence-electron chi connectivity index (χ4n) is 2.70. The van der Waals surface area contributed by atoms with Crippen LogP contribution >= 0.6 is 11.3 Å². The Labute approximate surface area is 142 Å². The summed E-state index contributed by atoms with van der Waals surface area (Å²) in [5.74, 6) is 1.92. The molecule has 0 saturated carbocycles. The minimum absolute atomic E-state index is 0.0608. The molecule has 1 fully saturated rings. The van der Waals surface area contributed by atoms with E-state index in [-0.39, 0.29) is 11.8 Å². The van der Waals surface area contributed by atoms with Gasteiger partial charge in [0.15, 0.2) is 0 Å². The zero-order valence-corrected chi connectivity index (χ0v) is 13.8. The van der Waals surface area contributed by atoms with E-state index in [0.29, 0.717) is 30.6 Å². The maximum atomic E-state index is 12.2. The van der Waals surface area contributed by atoms with Gasteiger partial charge < -0.3 is 14.2 Å². The number of carbonyl (C=O) groups is 1. The van der Waals surface area contributed by atoms with Gasteiger partial charge in [-0.05, 0) is 23.6 Å². The molecule has 122 valence electrons. The largest absolute Gasteiger partial charge is 0.496 e. The van der Waals surface area contributed by atoms with Crippen LogP contribution in [-0.2, 0) is 0 Å². The summed E-state index contributed by atoms with van der Waals surface area (Å²) in [7, 11) is 1.61. The van der Waals surface area contributed by atoms with Crippen molar-refractivity contribution in [2.45, 2.75) is 5.92 Å². The number of rotatable bonds is 4. The number of benzene rings is 1. The Bertz CT molecular complexity index is 854. The van der Waals surface area contributed by atoms with E-state index in [2.05, 4.69) is 10.1 Å². The molecular formula is C17H15N3O3S. The van der Waals surface area contributed by atoms with Crippen LogP contribution in [0.2, 0.25) is 0 Å². The van der Waals surface area contributed by atoms with Crippen molar-refractivity contribution in [1.29, 1.82) is 0 Å². The minimum Gasteiger partial charge on any atom is -0.496 e. The molecule has 0 radical (unpaired) electrons. The van der Waals surface area contributed by atoms with Crippen LogP contribution < -0.4 is 4.74 Å². The van der Waals surface area contributed by atoms with Gasteiger partial charge in [0.05, 0.1) is 23.5 Å². The van der Waals surface area contributed by atoms with E-state index in [9.17, 15) is 4.79 Å². The molecule has 2 aromatic heterocycles. The highest BCUT2D eigenvalue weighted by Crippen LogP contribution is 2.32. The first-order valence-electron chi connectivity index (χ1n) is 7.56. The molecule has 0 atom stereocenters. The summed E-state index contributed by atoms with van der Waals surface area (Å²) in [4.78, 5) is 19.3. The molecule has 4 rings (SSSR count). The summed E-state index contributed by atoms with van der Waals surface area (Å²) in [5, 5.41) is 5.96. The van der Waals surface area contributed by atoms with Gasteiger partial charge in [-0.3, -0.25) is 4.79 Å². The molecular weight excluding hydrogens is 326 g/mol. The third kappa shape index (κ3) is 2.56. The summed E-state index contributed by atoms with van der Waals surface area (Å²) < 4.78 is 10.7. The smallest absolute Gasteiger partial charge is 0.263 e. The molecule has 24 heavy (non-hydrogen) atoms. The maximum absolute atomic E-state index is 12.2. The number of amides is 1. The first kappa shape index (κ1) is 14.9. The van der Waals surface area contributed by atoms with E-state index in [4.69, 9.17) is 9.26 Å². The second-order valence-electron chi connectivity index (χ2n) is 5.54. The average Bonchev–Trinajstić information content (AvgIpc) is 3.25. The highest BCUT2D eigenvalue weighted by Gasteiger charge is 2.36. The van der Waals surface area contributed by atoms with Gasteiger partial charge in [0.1, 0.15) is 5.75 Å². The Morgan fingerprint density at radius 3 is 2.88 bits per heavy atom. The third-order valence-corrected chi connectivity index (χ3v) is 4.90. The van der Waals surface area contributed by atoms with E-state index in [1.807, 2.05) is 41.8 Å². The van der Waals surface area contributed by atoms with Crippen molar-refractivity contribution >= 4 is 17.2 Å². The number of aromatic nitrogens is 2. The molecule has 3 aromatic rings. The van der Waals surface area contributed by atoms with Gasteiger partial charge in [0.2, 0.25) is 11.7 Å². The SMILES string of the molecule is COc1ccccc1-c1noc(C2CN(C(=O)c3cccs3)C2)n1. The number of nitrogens with zero attached hydrogens (tertiary/aromatic N) is 3. The van der Waals surface area contributed by atoms with Crippen LogP contribution in [-0.4, -0.2) is 41.1 Å². The van der Waals surface area contributed by atoms with E-state index >= 15 is 0 Å². The van der Waals surface area contributed by atoms with Crippen molar-refractivity contribution in [3.8, 4) is 17.1 Å². The highest BCUT2D eigenvalue weighted by molar-refractivity contribution is 7.12.